The maximum absolute atomic E-state index is 10.7. The third kappa shape index (κ3) is 3.68. The van der Waals surface area contributed by atoms with E-state index in [-0.39, 0.29) is 16.8 Å². The first kappa shape index (κ1) is 14.4. The number of hydrogen-bond donors (Lipinski definition) is 1. The SMILES string of the molecule is CCNC(C#N)COc1cccc([N+](=O)[O-])c1Br. The molecule has 1 aromatic carbocycles. The molecular formula is C11H12BrN3O3. The molecule has 0 amide bonds. The van der Waals surface area contributed by atoms with E-state index in [4.69, 9.17) is 10.00 Å². The molecule has 1 rings (SSSR count). The summed E-state index contributed by atoms with van der Waals surface area (Å²) >= 11 is 3.12. The summed E-state index contributed by atoms with van der Waals surface area (Å²) in [5.41, 5.74) is -0.0653. The van der Waals surface area contributed by atoms with E-state index < -0.39 is 11.0 Å². The van der Waals surface area contributed by atoms with Gasteiger partial charge >= 0.3 is 0 Å². The number of rotatable bonds is 6. The average Bonchev–Trinajstić information content (AvgIpc) is 2.35. The van der Waals surface area contributed by atoms with Crippen LogP contribution in [-0.2, 0) is 0 Å². The molecule has 96 valence electrons. The van der Waals surface area contributed by atoms with Gasteiger partial charge in [0.05, 0.1) is 11.0 Å². The van der Waals surface area contributed by atoms with Gasteiger partial charge in [0.15, 0.2) is 0 Å². The van der Waals surface area contributed by atoms with Gasteiger partial charge in [0.25, 0.3) is 5.69 Å². The molecule has 1 aromatic rings. The molecule has 6 nitrogen and oxygen atoms in total. The molecule has 0 aliphatic rings. The Hall–Kier alpha value is -1.65. The highest BCUT2D eigenvalue weighted by Crippen LogP contribution is 2.33. The largest absolute Gasteiger partial charge is 0.489 e. The molecule has 0 aliphatic carbocycles. The number of nitro groups is 1. The number of hydrogen-bond acceptors (Lipinski definition) is 5. The summed E-state index contributed by atoms with van der Waals surface area (Å²) in [6, 6.07) is 6.12. The monoisotopic (exact) mass is 313 g/mol. The van der Waals surface area contributed by atoms with Crippen LogP contribution in [0, 0.1) is 21.4 Å². The number of ether oxygens (including phenoxy) is 1. The second kappa shape index (κ2) is 6.93. The van der Waals surface area contributed by atoms with Crippen molar-refractivity contribution in [1.82, 2.24) is 5.32 Å². The molecule has 0 saturated carbocycles. The minimum Gasteiger partial charge on any atom is -0.489 e. The zero-order valence-corrected chi connectivity index (χ0v) is 11.3. The topological polar surface area (TPSA) is 88.2 Å². The summed E-state index contributed by atoms with van der Waals surface area (Å²) in [5.74, 6) is 0.349. The van der Waals surface area contributed by atoms with Crippen LogP contribution in [0.1, 0.15) is 6.92 Å². The molecule has 1 N–H and O–H groups in total. The molecule has 7 heteroatoms. The Morgan fingerprint density at radius 3 is 2.94 bits per heavy atom. The van der Waals surface area contributed by atoms with Crippen molar-refractivity contribution in [2.75, 3.05) is 13.2 Å². The van der Waals surface area contributed by atoms with Crippen LogP contribution in [0.4, 0.5) is 5.69 Å². The van der Waals surface area contributed by atoms with Gasteiger partial charge in [-0.05, 0) is 28.5 Å². The van der Waals surface area contributed by atoms with Crippen LogP contribution in [0.3, 0.4) is 0 Å². The average molecular weight is 314 g/mol. The standard InChI is InChI=1S/C11H12BrN3O3/c1-2-14-8(6-13)7-18-10-5-3-4-9(11(10)12)15(16)17/h3-5,8,14H,2,7H2,1H3. The van der Waals surface area contributed by atoms with E-state index in [9.17, 15) is 10.1 Å². The fourth-order valence-electron chi connectivity index (χ4n) is 1.31. The maximum Gasteiger partial charge on any atom is 0.287 e. The predicted octanol–water partition coefficient (Wildman–Crippen LogP) is 2.24. The molecule has 0 radical (unpaired) electrons. The van der Waals surface area contributed by atoms with Gasteiger partial charge in [0.2, 0.25) is 0 Å². The summed E-state index contributed by atoms with van der Waals surface area (Å²) in [5, 5.41) is 22.5. The minimum absolute atomic E-state index is 0.0653. The lowest BCUT2D eigenvalue weighted by Gasteiger charge is -2.12. The van der Waals surface area contributed by atoms with E-state index in [2.05, 4.69) is 21.2 Å². The van der Waals surface area contributed by atoms with Crippen LogP contribution in [0.5, 0.6) is 5.75 Å². The van der Waals surface area contributed by atoms with Crippen molar-refractivity contribution in [2.24, 2.45) is 0 Å². The molecule has 0 bridgehead atoms. The Morgan fingerprint density at radius 2 is 2.39 bits per heavy atom. The molecule has 0 fully saturated rings. The molecule has 18 heavy (non-hydrogen) atoms. The predicted molar refractivity (Wildman–Crippen MR) is 69.4 cm³/mol. The first-order chi connectivity index (χ1) is 8.60. The number of likely N-dealkylation sites (N-methyl/N-ethyl adjacent to an activating group) is 1. The lowest BCUT2D eigenvalue weighted by atomic mass is 10.3. The van der Waals surface area contributed by atoms with Crippen molar-refractivity contribution < 1.29 is 9.66 Å². The van der Waals surface area contributed by atoms with Crippen molar-refractivity contribution in [3.8, 4) is 11.8 Å². The van der Waals surface area contributed by atoms with Crippen molar-refractivity contribution in [2.45, 2.75) is 13.0 Å². The Balaban J connectivity index is 2.77. The lowest BCUT2D eigenvalue weighted by molar-refractivity contribution is -0.385. The van der Waals surface area contributed by atoms with Crippen LogP contribution in [0.25, 0.3) is 0 Å². The van der Waals surface area contributed by atoms with Crippen molar-refractivity contribution in [3.63, 3.8) is 0 Å². The molecular weight excluding hydrogens is 302 g/mol. The van der Waals surface area contributed by atoms with Crippen LogP contribution in [0.15, 0.2) is 22.7 Å². The van der Waals surface area contributed by atoms with Crippen LogP contribution >= 0.6 is 15.9 Å². The Bertz CT molecular complexity index is 473. The van der Waals surface area contributed by atoms with Gasteiger partial charge in [-0.15, -0.1) is 0 Å². The second-order valence-electron chi connectivity index (χ2n) is 3.40. The quantitative estimate of drug-likeness (QED) is 0.642. The minimum atomic E-state index is -0.497. The Morgan fingerprint density at radius 1 is 1.67 bits per heavy atom. The summed E-state index contributed by atoms with van der Waals surface area (Å²) in [4.78, 5) is 10.2. The lowest BCUT2D eigenvalue weighted by Crippen LogP contribution is -2.33. The number of nitrogens with one attached hydrogen (secondary N) is 1. The fraction of sp³-hybridized carbons (Fsp3) is 0.364. The van der Waals surface area contributed by atoms with Gasteiger partial charge in [-0.1, -0.05) is 13.0 Å². The van der Waals surface area contributed by atoms with E-state index in [1.54, 1.807) is 6.07 Å². The highest BCUT2D eigenvalue weighted by molar-refractivity contribution is 9.10. The van der Waals surface area contributed by atoms with Crippen LogP contribution in [-0.4, -0.2) is 24.1 Å². The molecule has 1 unspecified atom stereocenters. The fourth-order valence-corrected chi connectivity index (χ4v) is 1.84. The third-order valence-corrected chi connectivity index (χ3v) is 2.95. The zero-order chi connectivity index (χ0) is 13.5. The van der Waals surface area contributed by atoms with Gasteiger partial charge in [-0.2, -0.15) is 5.26 Å². The molecule has 0 heterocycles. The molecule has 0 aliphatic heterocycles. The summed E-state index contributed by atoms with van der Waals surface area (Å²) < 4.78 is 5.68. The van der Waals surface area contributed by atoms with Crippen molar-refractivity contribution in [3.05, 3.63) is 32.8 Å². The van der Waals surface area contributed by atoms with Gasteiger partial charge in [0.1, 0.15) is 22.9 Å². The smallest absolute Gasteiger partial charge is 0.287 e. The number of nitro benzene ring substituents is 1. The van der Waals surface area contributed by atoms with Gasteiger partial charge < -0.3 is 4.74 Å². The third-order valence-electron chi connectivity index (χ3n) is 2.15. The maximum atomic E-state index is 10.7. The highest BCUT2D eigenvalue weighted by Gasteiger charge is 2.16. The van der Waals surface area contributed by atoms with Crippen molar-refractivity contribution >= 4 is 21.6 Å². The molecule has 0 aromatic heterocycles. The van der Waals surface area contributed by atoms with E-state index >= 15 is 0 Å². The van der Waals surface area contributed by atoms with E-state index in [0.717, 1.165) is 0 Å². The van der Waals surface area contributed by atoms with Gasteiger partial charge in [-0.25, -0.2) is 0 Å². The number of nitriles is 1. The summed E-state index contributed by atoms with van der Waals surface area (Å²) in [6.07, 6.45) is 0. The molecule has 1 atom stereocenters. The number of halogens is 1. The van der Waals surface area contributed by atoms with Gasteiger partial charge in [-0.3, -0.25) is 15.4 Å². The first-order valence-electron chi connectivity index (χ1n) is 5.28. The second-order valence-corrected chi connectivity index (χ2v) is 4.19. The molecule has 0 saturated heterocycles. The Kier molecular flexibility index (Phi) is 5.55. The summed E-state index contributed by atoms with van der Waals surface area (Å²) in [6.45, 7) is 2.66. The molecule has 0 spiro atoms. The van der Waals surface area contributed by atoms with Crippen molar-refractivity contribution in [1.29, 1.82) is 5.26 Å². The van der Waals surface area contributed by atoms with Crippen LogP contribution in [0.2, 0.25) is 0 Å². The highest BCUT2D eigenvalue weighted by atomic mass is 79.9. The Labute approximate surface area is 113 Å². The zero-order valence-electron chi connectivity index (χ0n) is 9.72. The number of benzene rings is 1. The number of nitrogens with zero attached hydrogens (tertiary/aromatic N) is 2. The van der Waals surface area contributed by atoms with Crippen LogP contribution < -0.4 is 10.1 Å². The van der Waals surface area contributed by atoms with E-state index in [0.29, 0.717) is 12.3 Å². The first-order valence-corrected chi connectivity index (χ1v) is 6.08. The van der Waals surface area contributed by atoms with Gasteiger partial charge in [0, 0.05) is 6.07 Å². The normalized spacial score (nSPS) is 11.6. The summed E-state index contributed by atoms with van der Waals surface area (Å²) in [7, 11) is 0. The van der Waals surface area contributed by atoms with E-state index in [1.807, 2.05) is 13.0 Å². The van der Waals surface area contributed by atoms with E-state index in [1.165, 1.54) is 12.1 Å².